The summed E-state index contributed by atoms with van der Waals surface area (Å²) in [6, 6.07) is 25.4. The minimum atomic E-state index is -0.337. The predicted octanol–water partition coefficient (Wildman–Crippen LogP) is 3.99. The Bertz CT molecular complexity index is 1080. The average Bonchev–Trinajstić information content (AvgIpc) is 3.18. The second-order valence-electron chi connectivity index (χ2n) is 5.80. The summed E-state index contributed by atoms with van der Waals surface area (Å²) in [7, 11) is 0. The Labute approximate surface area is 150 Å². The molecule has 1 amide bonds. The van der Waals surface area contributed by atoms with Gasteiger partial charge in [-0.1, -0.05) is 72.8 Å². The maximum absolute atomic E-state index is 12.2. The van der Waals surface area contributed by atoms with Crippen LogP contribution in [0, 0.1) is 0 Å². The van der Waals surface area contributed by atoms with E-state index in [9.17, 15) is 4.79 Å². The van der Waals surface area contributed by atoms with Crippen LogP contribution in [0.5, 0.6) is 0 Å². The summed E-state index contributed by atoms with van der Waals surface area (Å²) in [5.74, 6) is -0.337. The predicted molar refractivity (Wildman–Crippen MR) is 103 cm³/mol. The summed E-state index contributed by atoms with van der Waals surface area (Å²) in [4.78, 5) is 12.2. The molecule has 4 aromatic rings. The molecule has 3 aromatic carbocycles. The number of hydrogen-bond donors (Lipinski definition) is 2. The number of rotatable bonds is 4. The van der Waals surface area contributed by atoms with Gasteiger partial charge in [0.2, 0.25) is 0 Å². The Morgan fingerprint density at radius 2 is 1.73 bits per heavy atom. The van der Waals surface area contributed by atoms with E-state index in [0.717, 1.165) is 27.6 Å². The molecule has 0 saturated carbocycles. The first-order valence-corrected chi connectivity index (χ1v) is 8.23. The van der Waals surface area contributed by atoms with E-state index in [1.165, 1.54) is 0 Å². The molecule has 5 nitrogen and oxygen atoms in total. The summed E-state index contributed by atoms with van der Waals surface area (Å²) in [6.45, 7) is 0. The van der Waals surface area contributed by atoms with Gasteiger partial charge in [0.1, 0.15) is 5.69 Å². The third kappa shape index (κ3) is 3.23. The lowest BCUT2D eigenvalue weighted by Crippen LogP contribution is -2.17. The monoisotopic (exact) mass is 340 g/mol. The third-order valence-corrected chi connectivity index (χ3v) is 4.07. The fraction of sp³-hybridized carbons (Fsp3) is 0. The van der Waals surface area contributed by atoms with Crippen molar-refractivity contribution in [1.29, 1.82) is 0 Å². The number of nitrogens with zero attached hydrogens (tertiary/aromatic N) is 2. The SMILES string of the molecule is O=C(N/N=C\c1ccccc1)c1cc(-c2cccc3ccccc23)n[nH]1. The van der Waals surface area contributed by atoms with E-state index in [0.29, 0.717) is 5.69 Å². The Hall–Kier alpha value is -3.73. The molecule has 126 valence electrons. The van der Waals surface area contributed by atoms with E-state index in [1.807, 2.05) is 60.7 Å². The Morgan fingerprint density at radius 1 is 0.962 bits per heavy atom. The van der Waals surface area contributed by atoms with Crippen molar-refractivity contribution < 1.29 is 4.79 Å². The molecule has 0 aliphatic rings. The fourth-order valence-corrected chi connectivity index (χ4v) is 2.79. The highest BCUT2D eigenvalue weighted by molar-refractivity contribution is 5.98. The summed E-state index contributed by atoms with van der Waals surface area (Å²) >= 11 is 0. The van der Waals surface area contributed by atoms with Crippen molar-refractivity contribution in [3.63, 3.8) is 0 Å². The molecule has 5 heteroatoms. The molecule has 0 radical (unpaired) electrons. The molecule has 0 spiro atoms. The number of amides is 1. The van der Waals surface area contributed by atoms with Crippen molar-refractivity contribution in [2.24, 2.45) is 5.10 Å². The number of nitrogens with one attached hydrogen (secondary N) is 2. The Kier molecular flexibility index (Phi) is 4.26. The van der Waals surface area contributed by atoms with Crippen LogP contribution in [-0.4, -0.2) is 22.3 Å². The fourth-order valence-electron chi connectivity index (χ4n) is 2.79. The van der Waals surface area contributed by atoms with Crippen molar-refractivity contribution in [2.45, 2.75) is 0 Å². The molecule has 1 aromatic heterocycles. The van der Waals surface area contributed by atoms with E-state index < -0.39 is 0 Å². The molecule has 0 unspecified atom stereocenters. The van der Waals surface area contributed by atoms with Crippen LogP contribution in [0.2, 0.25) is 0 Å². The van der Waals surface area contributed by atoms with Crippen LogP contribution in [0.1, 0.15) is 16.1 Å². The van der Waals surface area contributed by atoms with E-state index in [2.05, 4.69) is 32.9 Å². The number of H-pyrrole nitrogens is 1. The van der Waals surface area contributed by atoms with Crippen LogP contribution in [0.25, 0.3) is 22.0 Å². The number of aromatic nitrogens is 2. The van der Waals surface area contributed by atoms with Gasteiger partial charge in [0.25, 0.3) is 5.91 Å². The van der Waals surface area contributed by atoms with Gasteiger partial charge in [0, 0.05) is 5.56 Å². The lowest BCUT2D eigenvalue weighted by atomic mass is 10.0. The van der Waals surface area contributed by atoms with Gasteiger partial charge < -0.3 is 0 Å². The van der Waals surface area contributed by atoms with Gasteiger partial charge in [-0.15, -0.1) is 0 Å². The Morgan fingerprint density at radius 3 is 2.62 bits per heavy atom. The molecule has 0 aliphatic carbocycles. The Balaban J connectivity index is 1.54. The molecule has 2 N–H and O–H groups in total. The van der Waals surface area contributed by atoms with Crippen LogP contribution < -0.4 is 5.43 Å². The second kappa shape index (κ2) is 7.03. The lowest BCUT2D eigenvalue weighted by molar-refractivity contribution is 0.0950. The van der Waals surface area contributed by atoms with Gasteiger partial charge in [-0.3, -0.25) is 9.89 Å². The average molecular weight is 340 g/mol. The van der Waals surface area contributed by atoms with Crippen LogP contribution in [0.4, 0.5) is 0 Å². The minimum absolute atomic E-state index is 0.337. The zero-order chi connectivity index (χ0) is 17.8. The van der Waals surface area contributed by atoms with Crippen molar-refractivity contribution in [3.8, 4) is 11.3 Å². The summed E-state index contributed by atoms with van der Waals surface area (Å²) < 4.78 is 0. The highest BCUT2D eigenvalue weighted by Gasteiger charge is 2.12. The number of carbonyl (C=O) groups excluding carboxylic acids is 1. The first kappa shape index (κ1) is 15.8. The van der Waals surface area contributed by atoms with Crippen molar-refractivity contribution in [1.82, 2.24) is 15.6 Å². The van der Waals surface area contributed by atoms with Gasteiger partial charge in [-0.25, -0.2) is 5.43 Å². The van der Waals surface area contributed by atoms with E-state index in [4.69, 9.17) is 0 Å². The number of fused-ring (bicyclic) bond motifs is 1. The highest BCUT2D eigenvalue weighted by Crippen LogP contribution is 2.27. The van der Waals surface area contributed by atoms with E-state index in [1.54, 1.807) is 12.3 Å². The van der Waals surface area contributed by atoms with Gasteiger partial charge in [-0.05, 0) is 22.4 Å². The molecular formula is C21H16N4O. The molecular weight excluding hydrogens is 324 g/mol. The number of carbonyl (C=O) groups is 1. The largest absolute Gasteiger partial charge is 0.289 e. The third-order valence-electron chi connectivity index (χ3n) is 4.07. The van der Waals surface area contributed by atoms with Gasteiger partial charge in [0.15, 0.2) is 0 Å². The topological polar surface area (TPSA) is 70.1 Å². The van der Waals surface area contributed by atoms with Crippen LogP contribution in [-0.2, 0) is 0 Å². The molecule has 0 fully saturated rings. The number of benzene rings is 3. The summed E-state index contributed by atoms with van der Waals surface area (Å²) in [5.41, 5.74) is 5.48. The van der Waals surface area contributed by atoms with Gasteiger partial charge >= 0.3 is 0 Å². The molecule has 0 aliphatic heterocycles. The second-order valence-corrected chi connectivity index (χ2v) is 5.80. The summed E-state index contributed by atoms with van der Waals surface area (Å²) in [6.07, 6.45) is 1.60. The maximum atomic E-state index is 12.2. The smallest absolute Gasteiger partial charge is 0.272 e. The number of hydrazone groups is 1. The van der Waals surface area contributed by atoms with E-state index in [-0.39, 0.29) is 5.91 Å². The summed E-state index contributed by atoms with van der Waals surface area (Å²) in [5, 5.41) is 13.3. The molecule has 26 heavy (non-hydrogen) atoms. The quantitative estimate of drug-likeness (QED) is 0.435. The number of hydrogen-bond acceptors (Lipinski definition) is 3. The van der Waals surface area contributed by atoms with Crippen molar-refractivity contribution in [3.05, 3.63) is 90.1 Å². The van der Waals surface area contributed by atoms with Gasteiger partial charge in [-0.2, -0.15) is 10.2 Å². The zero-order valence-corrected chi connectivity index (χ0v) is 13.9. The maximum Gasteiger partial charge on any atom is 0.289 e. The minimum Gasteiger partial charge on any atom is -0.272 e. The molecule has 1 heterocycles. The first-order chi connectivity index (χ1) is 12.8. The van der Waals surface area contributed by atoms with Crippen molar-refractivity contribution in [2.75, 3.05) is 0 Å². The molecule has 0 bridgehead atoms. The normalized spacial score (nSPS) is 11.1. The van der Waals surface area contributed by atoms with Crippen LogP contribution >= 0.6 is 0 Å². The molecule has 0 saturated heterocycles. The number of aromatic amines is 1. The highest BCUT2D eigenvalue weighted by atomic mass is 16.2. The lowest BCUT2D eigenvalue weighted by Gasteiger charge is -2.02. The molecule has 0 atom stereocenters. The van der Waals surface area contributed by atoms with Crippen LogP contribution in [0.3, 0.4) is 0 Å². The zero-order valence-electron chi connectivity index (χ0n) is 13.9. The first-order valence-electron chi connectivity index (χ1n) is 8.23. The standard InChI is InChI=1S/C21H16N4O/c26-21(25-22-14-15-7-2-1-3-8-15)20-13-19(23-24-20)18-12-6-10-16-9-4-5-11-17(16)18/h1-14H,(H,23,24)(H,25,26)/b22-14-. The van der Waals surface area contributed by atoms with Gasteiger partial charge in [0.05, 0.1) is 11.9 Å². The molecule has 4 rings (SSSR count). The van der Waals surface area contributed by atoms with Crippen molar-refractivity contribution >= 4 is 22.9 Å². The van der Waals surface area contributed by atoms with E-state index >= 15 is 0 Å². The van der Waals surface area contributed by atoms with Crippen LogP contribution in [0.15, 0.2) is 84.0 Å².